The molecule has 3 nitrogen and oxygen atoms in total. The molecule has 1 aromatic rings. The van der Waals surface area contributed by atoms with Gasteiger partial charge in [0, 0.05) is 11.5 Å². The molecule has 0 aliphatic rings. The fourth-order valence-electron chi connectivity index (χ4n) is 1.31. The Morgan fingerprint density at radius 2 is 1.93 bits per heavy atom. The van der Waals surface area contributed by atoms with Crippen LogP contribution in [-0.2, 0) is 4.79 Å². The maximum Gasteiger partial charge on any atom is 0.244 e. The Labute approximate surface area is 89.5 Å². The summed E-state index contributed by atoms with van der Waals surface area (Å²) in [7, 11) is 1.61. The lowest BCUT2D eigenvalue weighted by atomic mass is 9.93. The van der Waals surface area contributed by atoms with Gasteiger partial charge in [0.05, 0.1) is 7.11 Å². The molecular weight excluding hydrogens is 190 g/mol. The van der Waals surface area contributed by atoms with E-state index >= 15 is 0 Å². The van der Waals surface area contributed by atoms with E-state index in [0.29, 0.717) is 5.57 Å². The quantitative estimate of drug-likeness (QED) is 0.762. The highest BCUT2D eigenvalue weighted by Crippen LogP contribution is 2.24. The number of carbonyl (C=O) groups is 1. The van der Waals surface area contributed by atoms with Gasteiger partial charge < -0.3 is 10.5 Å². The van der Waals surface area contributed by atoms with Gasteiger partial charge >= 0.3 is 0 Å². The first-order chi connectivity index (χ1) is 7.06. The molecule has 0 bridgehead atoms. The summed E-state index contributed by atoms with van der Waals surface area (Å²) in [6.07, 6.45) is 0. The number of amides is 1. The summed E-state index contributed by atoms with van der Waals surface area (Å²) in [6.45, 7) is 5.57. The van der Waals surface area contributed by atoms with Gasteiger partial charge in [-0.1, -0.05) is 25.6 Å². The predicted molar refractivity (Wildman–Crippen MR) is 59.7 cm³/mol. The van der Waals surface area contributed by atoms with Crippen LogP contribution in [0.3, 0.4) is 0 Å². The van der Waals surface area contributed by atoms with Crippen molar-refractivity contribution < 1.29 is 9.53 Å². The number of ether oxygens (including phenoxy) is 1. The van der Waals surface area contributed by atoms with Crippen LogP contribution in [0.25, 0.3) is 0 Å². The fraction of sp³-hybridized carbons (Fsp3) is 0.250. The fourth-order valence-corrected chi connectivity index (χ4v) is 1.31. The minimum Gasteiger partial charge on any atom is -0.497 e. The summed E-state index contributed by atoms with van der Waals surface area (Å²) in [5.41, 5.74) is 6.58. The smallest absolute Gasteiger partial charge is 0.244 e. The lowest BCUT2D eigenvalue weighted by Gasteiger charge is -2.12. The second-order valence-corrected chi connectivity index (χ2v) is 3.38. The van der Waals surface area contributed by atoms with Crippen LogP contribution in [0.15, 0.2) is 36.4 Å². The molecule has 0 fully saturated rings. The molecule has 1 atom stereocenters. The molecule has 80 valence electrons. The molecular formula is C12H15NO2. The Balaban J connectivity index is 2.87. The Hall–Kier alpha value is -1.77. The van der Waals surface area contributed by atoms with E-state index in [4.69, 9.17) is 10.5 Å². The molecule has 2 N–H and O–H groups in total. The second kappa shape index (κ2) is 4.64. The van der Waals surface area contributed by atoms with E-state index in [-0.39, 0.29) is 5.92 Å². The summed E-state index contributed by atoms with van der Waals surface area (Å²) < 4.78 is 5.04. The van der Waals surface area contributed by atoms with Gasteiger partial charge in [0.1, 0.15) is 5.75 Å². The third kappa shape index (κ3) is 2.59. The molecule has 0 radical (unpaired) electrons. The van der Waals surface area contributed by atoms with Crippen LogP contribution in [0.5, 0.6) is 5.75 Å². The standard InChI is InChI=1S/C12H15NO2/c1-8(9(2)12(13)14)10-4-6-11(15-3)7-5-10/h4-8H,2H2,1,3H3,(H2,13,14). The SMILES string of the molecule is C=C(C(N)=O)C(C)c1ccc(OC)cc1. The number of methoxy groups -OCH3 is 1. The number of primary amides is 1. The zero-order valence-electron chi connectivity index (χ0n) is 8.99. The molecule has 1 rings (SSSR count). The van der Waals surface area contributed by atoms with Crippen molar-refractivity contribution in [2.45, 2.75) is 12.8 Å². The summed E-state index contributed by atoms with van der Waals surface area (Å²) >= 11 is 0. The van der Waals surface area contributed by atoms with E-state index in [1.54, 1.807) is 7.11 Å². The minimum atomic E-state index is -0.460. The molecule has 0 spiro atoms. The first kappa shape index (κ1) is 11.3. The zero-order valence-corrected chi connectivity index (χ0v) is 8.99. The van der Waals surface area contributed by atoms with Gasteiger partial charge in [-0.2, -0.15) is 0 Å². The largest absolute Gasteiger partial charge is 0.497 e. The lowest BCUT2D eigenvalue weighted by Crippen LogP contribution is -2.17. The van der Waals surface area contributed by atoms with Crippen molar-refractivity contribution in [1.82, 2.24) is 0 Å². The molecule has 0 aromatic heterocycles. The highest BCUT2D eigenvalue weighted by atomic mass is 16.5. The third-order valence-corrected chi connectivity index (χ3v) is 2.45. The number of hydrogen-bond donors (Lipinski definition) is 1. The van der Waals surface area contributed by atoms with Crippen molar-refractivity contribution in [2.75, 3.05) is 7.11 Å². The molecule has 1 aromatic carbocycles. The Bertz CT molecular complexity index is 368. The molecule has 1 amide bonds. The van der Waals surface area contributed by atoms with Gasteiger partial charge in [0.2, 0.25) is 5.91 Å². The summed E-state index contributed by atoms with van der Waals surface area (Å²) in [5, 5.41) is 0. The van der Waals surface area contributed by atoms with Crippen molar-refractivity contribution in [3.63, 3.8) is 0 Å². The van der Waals surface area contributed by atoms with E-state index in [9.17, 15) is 4.79 Å². The van der Waals surface area contributed by atoms with Crippen molar-refractivity contribution in [3.05, 3.63) is 42.0 Å². The normalized spacial score (nSPS) is 11.9. The average molecular weight is 205 g/mol. The first-order valence-electron chi connectivity index (χ1n) is 4.68. The number of rotatable bonds is 4. The molecule has 0 aliphatic carbocycles. The molecule has 1 unspecified atom stereocenters. The molecule has 0 saturated carbocycles. The number of benzene rings is 1. The van der Waals surface area contributed by atoms with Gasteiger partial charge in [-0.15, -0.1) is 0 Å². The maximum atomic E-state index is 10.9. The van der Waals surface area contributed by atoms with Crippen molar-refractivity contribution in [1.29, 1.82) is 0 Å². The zero-order chi connectivity index (χ0) is 11.4. The van der Waals surface area contributed by atoms with E-state index in [0.717, 1.165) is 11.3 Å². The summed E-state index contributed by atoms with van der Waals surface area (Å²) in [6, 6.07) is 7.50. The number of carbonyl (C=O) groups excluding carboxylic acids is 1. The van der Waals surface area contributed by atoms with Crippen molar-refractivity contribution >= 4 is 5.91 Å². The predicted octanol–water partition coefficient (Wildman–Crippen LogP) is 1.84. The third-order valence-electron chi connectivity index (χ3n) is 2.45. The van der Waals surface area contributed by atoms with Crippen LogP contribution in [-0.4, -0.2) is 13.0 Å². The summed E-state index contributed by atoms with van der Waals surface area (Å²) in [4.78, 5) is 10.9. The van der Waals surface area contributed by atoms with Crippen LogP contribution >= 0.6 is 0 Å². The van der Waals surface area contributed by atoms with Gasteiger partial charge in [0.25, 0.3) is 0 Å². The van der Waals surface area contributed by atoms with E-state index < -0.39 is 5.91 Å². The topological polar surface area (TPSA) is 52.3 Å². The van der Waals surface area contributed by atoms with E-state index in [2.05, 4.69) is 6.58 Å². The molecule has 0 aliphatic heterocycles. The van der Waals surface area contributed by atoms with Crippen LogP contribution in [0.1, 0.15) is 18.4 Å². The average Bonchev–Trinajstić information content (AvgIpc) is 2.27. The Kier molecular flexibility index (Phi) is 3.50. The number of hydrogen-bond acceptors (Lipinski definition) is 2. The molecule has 0 heterocycles. The van der Waals surface area contributed by atoms with Crippen LogP contribution in [0, 0.1) is 0 Å². The van der Waals surface area contributed by atoms with E-state index in [1.807, 2.05) is 31.2 Å². The molecule has 15 heavy (non-hydrogen) atoms. The molecule has 0 saturated heterocycles. The van der Waals surface area contributed by atoms with Crippen molar-refractivity contribution in [3.8, 4) is 5.75 Å². The summed E-state index contributed by atoms with van der Waals surface area (Å²) in [5.74, 6) is 0.266. The van der Waals surface area contributed by atoms with Crippen LogP contribution in [0.4, 0.5) is 0 Å². The highest BCUT2D eigenvalue weighted by Gasteiger charge is 2.13. The van der Waals surface area contributed by atoms with Crippen molar-refractivity contribution in [2.24, 2.45) is 5.73 Å². The highest BCUT2D eigenvalue weighted by molar-refractivity contribution is 5.92. The maximum absolute atomic E-state index is 10.9. The lowest BCUT2D eigenvalue weighted by molar-refractivity contribution is -0.114. The van der Waals surface area contributed by atoms with Gasteiger partial charge in [-0.3, -0.25) is 4.79 Å². The van der Waals surface area contributed by atoms with Crippen LogP contribution in [0.2, 0.25) is 0 Å². The van der Waals surface area contributed by atoms with Gasteiger partial charge in [-0.25, -0.2) is 0 Å². The molecule has 3 heteroatoms. The number of nitrogens with two attached hydrogens (primary N) is 1. The Morgan fingerprint density at radius 3 is 2.33 bits per heavy atom. The van der Waals surface area contributed by atoms with Gasteiger partial charge in [-0.05, 0) is 17.7 Å². The van der Waals surface area contributed by atoms with E-state index in [1.165, 1.54) is 0 Å². The van der Waals surface area contributed by atoms with Crippen LogP contribution < -0.4 is 10.5 Å². The second-order valence-electron chi connectivity index (χ2n) is 3.38. The first-order valence-corrected chi connectivity index (χ1v) is 4.68. The minimum absolute atomic E-state index is 0.0617. The van der Waals surface area contributed by atoms with Gasteiger partial charge in [0.15, 0.2) is 0 Å². The Morgan fingerprint density at radius 1 is 1.40 bits per heavy atom. The monoisotopic (exact) mass is 205 g/mol.